The Morgan fingerprint density at radius 2 is 1.91 bits per heavy atom. The molecule has 2 aliphatic rings. The van der Waals surface area contributed by atoms with Crippen LogP contribution in [0.5, 0.6) is 5.75 Å². The zero-order chi connectivity index (χ0) is 16.1. The van der Waals surface area contributed by atoms with E-state index < -0.39 is 6.10 Å². The van der Waals surface area contributed by atoms with Crippen molar-refractivity contribution in [3.63, 3.8) is 0 Å². The Morgan fingerprint density at radius 1 is 1.17 bits per heavy atom. The summed E-state index contributed by atoms with van der Waals surface area (Å²) in [6, 6.07) is 7.37. The Morgan fingerprint density at radius 3 is 2.57 bits per heavy atom. The molecule has 1 atom stereocenters. The molecular weight excluding hydrogens is 292 g/mol. The topological polar surface area (TPSA) is 61.8 Å². The average Bonchev–Trinajstić information content (AvgIpc) is 3.02. The summed E-state index contributed by atoms with van der Waals surface area (Å²) in [5.74, 6) is 1.54. The minimum Gasteiger partial charge on any atom is -0.493 e. The first-order valence-electron chi connectivity index (χ1n) is 8.67. The first kappa shape index (κ1) is 16.1. The molecule has 2 N–H and O–H groups in total. The van der Waals surface area contributed by atoms with Crippen LogP contribution in [0.25, 0.3) is 0 Å². The van der Waals surface area contributed by atoms with Crippen molar-refractivity contribution in [3.05, 3.63) is 24.3 Å². The van der Waals surface area contributed by atoms with Crippen LogP contribution in [0.15, 0.2) is 24.3 Å². The third-order valence-corrected chi connectivity index (χ3v) is 4.77. The standard InChI is InChI=1S/C18H26N2O3/c21-16-10-11-20(12-16)18(22)19-15-6-8-17(9-7-15)23-13-14-4-2-1-3-5-14/h6-9,14,16,21H,1-5,10-13H2,(H,19,22)/t16-/m0/s1. The van der Waals surface area contributed by atoms with Crippen molar-refractivity contribution in [1.29, 1.82) is 0 Å². The summed E-state index contributed by atoms with van der Waals surface area (Å²) in [6.45, 7) is 1.81. The van der Waals surface area contributed by atoms with Crippen LogP contribution < -0.4 is 10.1 Å². The highest BCUT2D eigenvalue weighted by Crippen LogP contribution is 2.25. The highest BCUT2D eigenvalue weighted by atomic mass is 16.5. The van der Waals surface area contributed by atoms with Crippen LogP contribution in [-0.2, 0) is 0 Å². The number of anilines is 1. The van der Waals surface area contributed by atoms with Crippen LogP contribution in [0.1, 0.15) is 38.5 Å². The Hall–Kier alpha value is -1.75. The number of nitrogens with one attached hydrogen (secondary N) is 1. The molecule has 0 spiro atoms. The van der Waals surface area contributed by atoms with Gasteiger partial charge < -0.3 is 20.1 Å². The lowest BCUT2D eigenvalue weighted by molar-refractivity contribution is 0.176. The highest BCUT2D eigenvalue weighted by molar-refractivity contribution is 5.89. The second kappa shape index (κ2) is 7.68. The minimum atomic E-state index is -0.392. The summed E-state index contributed by atoms with van der Waals surface area (Å²) in [5, 5.41) is 12.3. The van der Waals surface area contributed by atoms with Crippen LogP contribution in [-0.4, -0.2) is 41.8 Å². The van der Waals surface area contributed by atoms with Gasteiger partial charge >= 0.3 is 6.03 Å². The second-order valence-electron chi connectivity index (χ2n) is 6.66. The fraction of sp³-hybridized carbons (Fsp3) is 0.611. The molecule has 0 aromatic heterocycles. The molecule has 126 valence electrons. The van der Waals surface area contributed by atoms with Crippen LogP contribution in [0.3, 0.4) is 0 Å². The van der Waals surface area contributed by atoms with Gasteiger partial charge in [0, 0.05) is 18.8 Å². The molecule has 1 aliphatic carbocycles. The molecule has 1 aromatic rings. The molecule has 1 heterocycles. The van der Waals surface area contributed by atoms with E-state index in [9.17, 15) is 9.90 Å². The van der Waals surface area contributed by atoms with Gasteiger partial charge in [-0.3, -0.25) is 0 Å². The first-order valence-corrected chi connectivity index (χ1v) is 8.67. The molecule has 2 fully saturated rings. The Labute approximate surface area is 137 Å². The van der Waals surface area contributed by atoms with Crippen molar-refractivity contribution in [1.82, 2.24) is 4.90 Å². The number of rotatable bonds is 4. The molecule has 2 amide bonds. The number of β-amino-alcohol motifs (C(OH)–C–C–N with tert-alkyl or cyclic N) is 1. The lowest BCUT2D eigenvalue weighted by atomic mass is 9.90. The van der Waals surface area contributed by atoms with Gasteiger partial charge in [0.1, 0.15) is 5.75 Å². The van der Waals surface area contributed by atoms with E-state index in [4.69, 9.17) is 4.74 Å². The van der Waals surface area contributed by atoms with Crippen molar-refractivity contribution in [3.8, 4) is 5.75 Å². The molecule has 0 radical (unpaired) electrons. The van der Waals surface area contributed by atoms with E-state index >= 15 is 0 Å². The molecule has 23 heavy (non-hydrogen) atoms. The number of aliphatic hydroxyl groups is 1. The quantitative estimate of drug-likeness (QED) is 0.896. The molecule has 1 aliphatic heterocycles. The van der Waals surface area contributed by atoms with Crippen molar-refractivity contribution in [2.75, 3.05) is 25.0 Å². The van der Waals surface area contributed by atoms with E-state index in [1.54, 1.807) is 4.90 Å². The van der Waals surface area contributed by atoms with Crippen molar-refractivity contribution in [2.24, 2.45) is 5.92 Å². The zero-order valence-electron chi connectivity index (χ0n) is 13.5. The number of likely N-dealkylation sites (tertiary alicyclic amines) is 1. The lowest BCUT2D eigenvalue weighted by Gasteiger charge is -2.21. The molecular formula is C18H26N2O3. The molecule has 5 heteroatoms. The minimum absolute atomic E-state index is 0.155. The summed E-state index contributed by atoms with van der Waals surface area (Å²) in [4.78, 5) is 13.7. The third-order valence-electron chi connectivity index (χ3n) is 4.77. The van der Waals surface area contributed by atoms with E-state index in [1.807, 2.05) is 24.3 Å². The van der Waals surface area contributed by atoms with Gasteiger partial charge in [-0.25, -0.2) is 4.79 Å². The number of hydrogen-bond acceptors (Lipinski definition) is 3. The Kier molecular flexibility index (Phi) is 5.39. The summed E-state index contributed by atoms with van der Waals surface area (Å²) >= 11 is 0. The smallest absolute Gasteiger partial charge is 0.321 e. The predicted molar refractivity (Wildman–Crippen MR) is 89.7 cm³/mol. The van der Waals surface area contributed by atoms with Gasteiger partial charge in [0.15, 0.2) is 0 Å². The van der Waals surface area contributed by atoms with Gasteiger partial charge in [0.25, 0.3) is 0 Å². The Bertz CT molecular complexity index is 512. The second-order valence-corrected chi connectivity index (χ2v) is 6.66. The van der Waals surface area contributed by atoms with E-state index in [2.05, 4.69) is 5.32 Å². The first-order chi connectivity index (χ1) is 11.2. The van der Waals surface area contributed by atoms with Gasteiger partial charge in [-0.15, -0.1) is 0 Å². The van der Waals surface area contributed by atoms with Crippen LogP contribution in [0.2, 0.25) is 0 Å². The number of carbonyl (C=O) groups is 1. The van der Waals surface area contributed by atoms with E-state index in [1.165, 1.54) is 32.1 Å². The number of aliphatic hydroxyl groups excluding tert-OH is 1. The molecule has 1 saturated heterocycles. The zero-order valence-corrected chi connectivity index (χ0v) is 13.5. The van der Waals surface area contributed by atoms with Gasteiger partial charge in [-0.2, -0.15) is 0 Å². The summed E-state index contributed by atoms with van der Waals surface area (Å²) in [5.41, 5.74) is 0.751. The molecule has 5 nitrogen and oxygen atoms in total. The molecule has 1 saturated carbocycles. The average molecular weight is 318 g/mol. The van der Waals surface area contributed by atoms with Crippen molar-refractivity contribution in [2.45, 2.75) is 44.6 Å². The van der Waals surface area contributed by atoms with Crippen LogP contribution in [0, 0.1) is 5.92 Å². The maximum absolute atomic E-state index is 12.0. The maximum Gasteiger partial charge on any atom is 0.321 e. The molecule has 3 rings (SSSR count). The number of amides is 2. The maximum atomic E-state index is 12.0. The van der Waals surface area contributed by atoms with Gasteiger partial charge in [0.05, 0.1) is 12.7 Å². The fourth-order valence-corrected chi connectivity index (χ4v) is 3.33. The number of urea groups is 1. The fourth-order valence-electron chi connectivity index (χ4n) is 3.33. The largest absolute Gasteiger partial charge is 0.493 e. The SMILES string of the molecule is O=C(Nc1ccc(OCC2CCCCC2)cc1)N1CC[C@H](O)C1. The lowest BCUT2D eigenvalue weighted by Crippen LogP contribution is -2.33. The number of nitrogens with zero attached hydrogens (tertiary/aromatic N) is 1. The molecule has 0 bridgehead atoms. The predicted octanol–water partition coefficient (Wildman–Crippen LogP) is 3.24. The number of benzene rings is 1. The van der Waals surface area contributed by atoms with Crippen LogP contribution in [0.4, 0.5) is 10.5 Å². The number of hydrogen-bond donors (Lipinski definition) is 2. The van der Waals surface area contributed by atoms with E-state index in [0.29, 0.717) is 25.4 Å². The molecule has 0 unspecified atom stereocenters. The summed E-state index contributed by atoms with van der Waals surface area (Å²) in [7, 11) is 0. The van der Waals surface area contributed by atoms with Gasteiger partial charge in [-0.1, -0.05) is 19.3 Å². The normalized spacial score (nSPS) is 22.1. The van der Waals surface area contributed by atoms with Crippen molar-refractivity contribution < 1.29 is 14.6 Å². The Balaban J connectivity index is 1.45. The molecule has 1 aromatic carbocycles. The number of carbonyl (C=O) groups excluding carboxylic acids is 1. The summed E-state index contributed by atoms with van der Waals surface area (Å²) < 4.78 is 5.86. The number of ether oxygens (including phenoxy) is 1. The van der Waals surface area contributed by atoms with E-state index in [-0.39, 0.29) is 6.03 Å². The van der Waals surface area contributed by atoms with Gasteiger partial charge in [-0.05, 0) is 49.4 Å². The monoisotopic (exact) mass is 318 g/mol. The van der Waals surface area contributed by atoms with Crippen LogP contribution >= 0.6 is 0 Å². The highest BCUT2D eigenvalue weighted by Gasteiger charge is 2.24. The van der Waals surface area contributed by atoms with E-state index in [0.717, 1.165) is 18.0 Å². The van der Waals surface area contributed by atoms with Gasteiger partial charge in [0.2, 0.25) is 0 Å². The third kappa shape index (κ3) is 4.61. The summed E-state index contributed by atoms with van der Waals surface area (Å²) in [6.07, 6.45) is 6.82. The van der Waals surface area contributed by atoms with Crippen molar-refractivity contribution >= 4 is 11.7 Å².